The van der Waals surface area contributed by atoms with E-state index >= 15 is 0 Å². The molecule has 2 aromatic carbocycles. The molecular weight excluding hydrogens is 490 g/mol. The fourth-order valence-electron chi connectivity index (χ4n) is 3.35. The maximum Gasteiger partial charge on any atom is 0.407 e. The molecule has 1 atom stereocenters. The Bertz CT molecular complexity index is 1030. The third kappa shape index (κ3) is 8.87. The Hall–Kier alpha value is -2.56. The summed E-state index contributed by atoms with van der Waals surface area (Å²) in [5, 5.41) is 2.68. The van der Waals surface area contributed by atoms with Gasteiger partial charge in [-0.2, -0.15) is 8.42 Å². The quantitative estimate of drug-likeness (QED) is 0.347. The lowest BCUT2D eigenvalue weighted by Crippen LogP contribution is -2.42. The molecule has 192 valence electrons. The Balaban J connectivity index is 2.31. The second-order valence-electron chi connectivity index (χ2n) is 8.87. The average molecular weight is 524 g/mol. The van der Waals surface area contributed by atoms with Crippen LogP contribution in [0.5, 0.6) is 0 Å². The van der Waals surface area contributed by atoms with E-state index in [2.05, 4.69) is 5.32 Å². The number of hydrogen-bond donors (Lipinski definition) is 1. The fourth-order valence-corrected chi connectivity index (χ4v) is 5.28. The number of methoxy groups -OCH3 is 1. The van der Waals surface area contributed by atoms with Gasteiger partial charge in [0, 0.05) is 0 Å². The van der Waals surface area contributed by atoms with Crippen LogP contribution in [0.3, 0.4) is 0 Å². The minimum atomic E-state index is -3.72. The predicted molar refractivity (Wildman–Crippen MR) is 137 cm³/mol. The Kier molecular flexibility index (Phi) is 10.2. The van der Waals surface area contributed by atoms with Crippen molar-refractivity contribution in [2.45, 2.75) is 43.6 Å². The second-order valence-corrected chi connectivity index (χ2v) is 11.8. The molecule has 0 saturated carbocycles. The van der Waals surface area contributed by atoms with Crippen LogP contribution in [0.2, 0.25) is 0 Å². The first kappa shape index (κ1) is 28.7. The highest BCUT2D eigenvalue weighted by Gasteiger charge is 2.44. The standard InChI is InChI=1S/C25H33NO7S2/c1-24(2,3)33-23(28)26-21(18-32-35(5,29)30)16-17-34-25(22(27)31-4,19-12-8-6-9-13-19)20-14-10-7-11-15-20/h6-15,21H,16-18H2,1-5H3,(H,26,28)/t21-/m0/s1. The molecule has 0 bridgehead atoms. The second kappa shape index (κ2) is 12.4. The highest BCUT2D eigenvalue weighted by molar-refractivity contribution is 8.01. The highest BCUT2D eigenvalue weighted by Crippen LogP contribution is 2.44. The van der Waals surface area contributed by atoms with Crippen molar-refractivity contribution in [2.24, 2.45) is 0 Å². The molecule has 0 aromatic heterocycles. The number of amides is 1. The minimum absolute atomic E-state index is 0.263. The SMILES string of the molecule is COC(=O)C(SCC[C@@H](COS(C)(=O)=O)NC(=O)OC(C)(C)C)(c1ccccc1)c1ccccc1. The number of hydrogen-bond acceptors (Lipinski definition) is 8. The lowest BCUT2D eigenvalue weighted by Gasteiger charge is -2.32. The van der Waals surface area contributed by atoms with Gasteiger partial charge in [0.1, 0.15) is 5.60 Å². The summed E-state index contributed by atoms with van der Waals surface area (Å²) < 4.78 is 37.4. The number of carbonyl (C=O) groups excluding carboxylic acids is 2. The molecule has 0 heterocycles. The van der Waals surface area contributed by atoms with Gasteiger partial charge >= 0.3 is 12.1 Å². The van der Waals surface area contributed by atoms with E-state index < -0.39 is 38.6 Å². The van der Waals surface area contributed by atoms with Crippen molar-refractivity contribution >= 4 is 33.9 Å². The van der Waals surface area contributed by atoms with Crippen molar-refractivity contribution in [3.8, 4) is 0 Å². The molecule has 2 rings (SSSR count). The average Bonchev–Trinajstić information content (AvgIpc) is 2.79. The number of carbonyl (C=O) groups is 2. The fraction of sp³-hybridized carbons (Fsp3) is 0.440. The zero-order chi connectivity index (χ0) is 26.1. The molecule has 1 N–H and O–H groups in total. The number of benzene rings is 2. The molecular formula is C25H33NO7S2. The van der Waals surface area contributed by atoms with Gasteiger partial charge in [-0.1, -0.05) is 60.7 Å². The smallest absolute Gasteiger partial charge is 0.407 e. The zero-order valence-electron chi connectivity index (χ0n) is 20.6. The lowest BCUT2D eigenvalue weighted by atomic mass is 9.90. The molecule has 1 amide bonds. The molecule has 0 spiro atoms. The Morgan fingerprint density at radius 2 is 1.49 bits per heavy atom. The first-order valence-corrected chi connectivity index (χ1v) is 13.8. The molecule has 0 unspecified atom stereocenters. The van der Waals surface area contributed by atoms with E-state index in [1.165, 1.54) is 18.9 Å². The van der Waals surface area contributed by atoms with Crippen molar-refractivity contribution in [2.75, 3.05) is 25.7 Å². The first-order valence-electron chi connectivity index (χ1n) is 11.0. The molecule has 2 aromatic rings. The third-order valence-electron chi connectivity index (χ3n) is 4.82. The Morgan fingerprint density at radius 3 is 1.91 bits per heavy atom. The van der Waals surface area contributed by atoms with Crippen LogP contribution in [0, 0.1) is 0 Å². The summed E-state index contributed by atoms with van der Waals surface area (Å²) in [4.78, 5) is 25.6. The van der Waals surface area contributed by atoms with E-state index in [-0.39, 0.29) is 6.61 Å². The predicted octanol–water partition coefficient (Wildman–Crippen LogP) is 4.10. The van der Waals surface area contributed by atoms with E-state index in [0.29, 0.717) is 12.2 Å². The van der Waals surface area contributed by atoms with Gasteiger partial charge in [0.2, 0.25) is 0 Å². The molecule has 0 radical (unpaired) electrons. The zero-order valence-corrected chi connectivity index (χ0v) is 22.3. The summed E-state index contributed by atoms with van der Waals surface area (Å²) in [6.07, 6.45) is 0.562. The normalized spacial score (nSPS) is 13.1. The minimum Gasteiger partial charge on any atom is -0.467 e. The molecule has 8 nitrogen and oxygen atoms in total. The monoisotopic (exact) mass is 523 g/mol. The summed E-state index contributed by atoms with van der Waals surface area (Å²) in [7, 11) is -2.38. The summed E-state index contributed by atoms with van der Waals surface area (Å²) in [5.74, 6) is -0.0733. The van der Waals surface area contributed by atoms with Crippen LogP contribution in [0.4, 0.5) is 4.79 Å². The van der Waals surface area contributed by atoms with E-state index in [1.807, 2.05) is 60.7 Å². The summed E-state index contributed by atoms with van der Waals surface area (Å²) in [6, 6.07) is 17.9. The third-order valence-corrected chi connectivity index (χ3v) is 6.90. The molecule has 35 heavy (non-hydrogen) atoms. The van der Waals surface area contributed by atoms with Gasteiger partial charge in [-0.05, 0) is 44.1 Å². The maximum absolute atomic E-state index is 13.3. The van der Waals surface area contributed by atoms with Crippen molar-refractivity contribution in [1.29, 1.82) is 0 Å². The lowest BCUT2D eigenvalue weighted by molar-refractivity contribution is -0.142. The largest absolute Gasteiger partial charge is 0.467 e. The number of alkyl carbamates (subject to hydrolysis) is 1. The van der Waals surface area contributed by atoms with Crippen LogP contribution < -0.4 is 5.32 Å². The van der Waals surface area contributed by atoms with Crippen molar-refractivity contribution < 1.29 is 31.7 Å². The number of rotatable bonds is 11. The van der Waals surface area contributed by atoms with Gasteiger partial charge in [0.25, 0.3) is 10.1 Å². The summed E-state index contributed by atoms with van der Waals surface area (Å²) in [5.41, 5.74) is 0.765. The van der Waals surface area contributed by atoms with E-state index in [4.69, 9.17) is 13.7 Å². The van der Waals surface area contributed by atoms with E-state index in [1.54, 1.807) is 20.8 Å². The summed E-state index contributed by atoms with van der Waals surface area (Å²) in [6.45, 7) is 4.93. The number of nitrogens with one attached hydrogen (secondary N) is 1. The van der Waals surface area contributed by atoms with Crippen LogP contribution in [0.1, 0.15) is 38.3 Å². The van der Waals surface area contributed by atoms with Gasteiger partial charge in [-0.15, -0.1) is 11.8 Å². The van der Waals surface area contributed by atoms with Crippen molar-refractivity contribution in [3.05, 3.63) is 71.8 Å². The van der Waals surface area contributed by atoms with Gasteiger partial charge in [0.05, 0.1) is 26.0 Å². The topological polar surface area (TPSA) is 108 Å². The highest BCUT2D eigenvalue weighted by atomic mass is 32.2. The van der Waals surface area contributed by atoms with Crippen LogP contribution in [-0.2, 0) is 33.3 Å². The molecule has 0 aliphatic carbocycles. The van der Waals surface area contributed by atoms with Crippen molar-refractivity contribution in [3.63, 3.8) is 0 Å². The molecule has 0 aliphatic heterocycles. The van der Waals surface area contributed by atoms with Gasteiger partial charge in [-0.3, -0.25) is 4.18 Å². The number of ether oxygens (including phenoxy) is 2. The van der Waals surface area contributed by atoms with E-state index in [0.717, 1.165) is 17.4 Å². The number of esters is 1. The van der Waals surface area contributed by atoms with Gasteiger partial charge < -0.3 is 14.8 Å². The maximum atomic E-state index is 13.3. The molecule has 0 fully saturated rings. The molecule has 10 heteroatoms. The van der Waals surface area contributed by atoms with Crippen LogP contribution in [-0.4, -0.2) is 57.8 Å². The van der Waals surface area contributed by atoms with Crippen LogP contribution >= 0.6 is 11.8 Å². The first-order chi connectivity index (χ1) is 16.4. The van der Waals surface area contributed by atoms with Gasteiger partial charge in [-0.25, -0.2) is 9.59 Å². The van der Waals surface area contributed by atoms with Crippen molar-refractivity contribution in [1.82, 2.24) is 5.32 Å². The molecule has 0 saturated heterocycles. The van der Waals surface area contributed by atoms with Gasteiger partial charge in [0.15, 0.2) is 4.75 Å². The van der Waals surface area contributed by atoms with Crippen LogP contribution in [0.15, 0.2) is 60.7 Å². The van der Waals surface area contributed by atoms with E-state index in [9.17, 15) is 18.0 Å². The molecule has 0 aliphatic rings. The van der Waals surface area contributed by atoms with Crippen LogP contribution in [0.25, 0.3) is 0 Å². The Morgan fingerprint density at radius 1 is 0.971 bits per heavy atom. The Labute approximate surface area is 211 Å². The number of thioether (sulfide) groups is 1. The summed E-state index contributed by atoms with van der Waals surface area (Å²) >= 11 is 1.34.